The summed E-state index contributed by atoms with van der Waals surface area (Å²) < 4.78 is 0. The van der Waals surface area contributed by atoms with Crippen molar-refractivity contribution in [1.29, 1.82) is 0 Å². The minimum absolute atomic E-state index is 0. The quantitative estimate of drug-likeness (QED) is 0.746. The Labute approximate surface area is 97.8 Å². The van der Waals surface area contributed by atoms with Gasteiger partial charge in [0.2, 0.25) is 5.91 Å². The number of nitrogens with two attached hydrogens (primary N) is 1. The van der Waals surface area contributed by atoms with Gasteiger partial charge in [-0.3, -0.25) is 4.79 Å². The summed E-state index contributed by atoms with van der Waals surface area (Å²) in [5.41, 5.74) is 5.80. The van der Waals surface area contributed by atoms with Crippen molar-refractivity contribution >= 4 is 18.3 Å². The minimum Gasteiger partial charge on any atom is -0.341 e. The highest BCUT2D eigenvalue weighted by Gasteiger charge is 2.29. The molecule has 1 aliphatic heterocycles. The van der Waals surface area contributed by atoms with Crippen LogP contribution < -0.4 is 5.73 Å². The van der Waals surface area contributed by atoms with Gasteiger partial charge in [0, 0.05) is 25.0 Å². The molecule has 15 heavy (non-hydrogen) atoms. The van der Waals surface area contributed by atoms with E-state index in [1.165, 1.54) is 19.3 Å². The first-order valence-electron chi connectivity index (χ1n) is 5.82. The zero-order chi connectivity index (χ0) is 9.97. The molecule has 0 aromatic carbocycles. The van der Waals surface area contributed by atoms with Gasteiger partial charge in [-0.05, 0) is 19.3 Å². The largest absolute Gasteiger partial charge is 0.341 e. The highest BCUT2D eigenvalue weighted by molar-refractivity contribution is 5.85. The van der Waals surface area contributed by atoms with Crippen molar-refractivity contribution in [2.75, 3.05) is 13.1 Å². The molecule has 0 radical (unpaired) electrons. The van der Waals surface area contributed by atoms with Crippen molar-refractivity contribution in [3.8, 4) is 0 Å². The van der Waals surface area contributed by atoms with Crippen LogP contribution in [0.3, 0.4) is 0 Å². The van der Waals surface area contributed by atoms with Crippen molar-refractivity contribution < 1.29 is 4.79 Å². The van der Waals surface area contributed by atoms with E-state index in [0.717, 1.165) is 32.4 Å². The molecule has 2 N–H and O–H groups in total. The van der Waals surface area contributed by atoms with Crippen molar-refractivity contribution in [3.63, 3.8) is 0 Å². The van der Waals surface area contributed by atoms with E-state index < -0.39 is 0 Å². The number of amides is 1. The number of rotatable bonds is 1. The van der Waals surface area contributed by atoms with E-state index in [4.69, 9.17) is 5.73 Å². The van der Waals surface area contributed by atoms with Gasteiger partial charge in [0.25, 0.3) is 0 Å². The Hall–Kier alpha value is -0.280. The van der Waals surface area contributed by atoms with E-state index in [9.17, 15) is 4.79 Å². The maximum atomic E-state index is 12.0. The molecule has 1 saturated heterocycles. The summed E-state index contributed by atoms with van der Waals surface area (Å²) in [6.07, 6.45) is 6.96. The van der Waals surface area contributed by atoms with Gasteiger partial charge in [-0.2, -0.15) is 0 Å². The standard InChI is InChI=1S/C11H20N2O.ClH/c12-10-6-7-13(8-10)11(14)9-4-2-1-3-5-9;/h9-10H,1-8,12H2;1H/t10-;/m1./s1. The monoisotopic (exact) mass is 232 g/mol. The molecule has 1 atom stereocenters. The van der Waals surface area contributed by atoms with Crippen molar-refractivity contribution in [3.05, 3.63) is 0 Å². The number of carbonyl (C=O) groups excluding carboxylic acids is 1. The van der Waals surface area contributed by atoms with Crippen LogP contribution in [-0.2, 0) is 4.79 Å². The van der Waals surface area contributed by atoms with Crippen LogP contribution in [0.1, 0.15) is 38.5 Å². The van der Waals surface area contributed by atoms with Crippen LogP contribution in [0.25, 0.3) is 0 Å². The maximum absolute atomic E-state index is 12.0. The lowest BCUT2D eigenvalue weighted by Gasteiger charge is -2.26. The highest BCUT2D eigenvalue weighted by atomic mass is 35.5. The number of halogens is 1. The molecule has 88 valence electrons. The fraction of sp³-hybridized carbons (Fsp3) is 0.909. The van der Waals surface area contributed by atoms with Crippen LogP contribution in [0, 0.1) is 5.92 Å². The van der Waals surface area contributed by atoms with Crippen LogP contribution in [0.2, 0.25) is 0 Å². The zero-order valence-electron chi connectivity index (χ0n) is 9.15. The molecule has 2 fully saturated rings. The Morgan fingerprint density at radius 1 is 1.13 bits per heavy atom. The molecule has 1 heterocycles. The van der Waals surface area contributed by atoms with Crippen molar-refractivity contribution in [2.45, 2.75) is 44.6 Å². The molecular weight excluding hydrogens is 212 g/mol. The van der Waals surface area contributed by atoms with E-state index in [0.29, 0.717) is 11.8 Å². The Morgan fingerprint density at radius 3 is 2.33 bits per heavy atom. The average molecular weight is 233 g/mol. The Balaban J connectivity index is 0.00000112. The first-order valence-corrected chi connectivity index (χ1v) is 5.82. The third kappa shape index (κ3) is 3.08. The molecule has 2 aliphatic rings. The normalized spacial score (nSPS) is 27.5. The number of nitrogens with zero attached hydrogens (tertiary/aromatic N) is 1. The summed E-state index contributed by atoms with van der Waals surface area (Å²) in [6, 6.07) is 0.225. The van der Waals surface area contributed by atoms with Gasteiger partial charge >= 0.3 is 0 Å². The van der Waals surface area contributed by atoms with Crippen molar-refractivity contribution in [1.82, 2.24) is 4.90 Å². The summed E-state index contributed by atoms with van der Waals surface area (Å²) in [5, 5.41) is 0. The number of likely N-dealkylation sites (tertiary alicyclic amines) is 1. The van der Waals surface area contributed by atoms with Crippen LogP contribution in [-0.4, -0.2) is 29.9 Å². The fourth-order valence-electron chi connectivity index (χ4n) is 2.60. The van der Waals surface area contributed by atoms with E-state index in [-0.39, 0.29) is 18.4 Å². The second kappa shape index (κ2) is 5.71. The summed E-state index contributed by atoms with van der Waals surface area (Å²) >= 11 is 0. The average Bonchev–Trinajstić information content (AvgIpc) is 2.65. The van der Waals surface area contributed by atoms with Gasteiger partial charge in [-0.25, -0.2) is 0 Å². The molecule has 0 aromatic heterocycles. The lowest BCUT2D eigenvalue weighted by molar-refractivity contribution is -0.135. The molecule has 0 spiro atoms. The van der Waals surface area contributed by atoms with Gasteiger partial charge in [0.05, 0.1) is 0 Å². The first-order chi connectivity index (χ1) is 6.77. The van der Waals surface area contributed by atoms with Gasteiger partial charge in [-0.15, -0.1) is 12.4 Å². The molecule has 4 heteroatoms. The van der Waals surface area contributed by atoms with Crippen LogP contribution in [0.5, 0.6) is 0 Å². The van der Waals surface area contributed by atoms with Gasteiger partial charge in [0.15, 0.2) is 0 Å². The van der Waals surface area contributed by atoms with E-state index in [2.05, 4.69) is 0 Å². The van der Waals surface area contributed by atoms with Crippen LogP contribution in [0.15, 0.2) is 0 Å². The molecule has 0 bridgehead atoms. The second-order valence-corrected chi connectivity index (χ2v) is 4.67. The highest BCUT2D eigenvalue weighted by Crippen LogP contribution is 2.26. The summed E-state index contributed by atoms with van der Waals surface area (Å²) in [7, 11) is 0. The smallest absolute Gasteiger partial charge is 0.225 e. The third-order valence-corrected chi connectivity index (χ3v) is 3.49. The fourth-order valence-corrected chi connectivity index (χ4v) is 2.60. The Kier molecular flexibility index (Phi) is 4.87. The van der Waals surface area contributed by atoms with Crippen molar-refractivity contribution in [2.24, 2.45) is 11.7 Å². The van der Waals surface area contributed by atoms with E-state index >= 15 is 0 Å². The summed E-state index contributed by atoms with van der Waals surface area (Å²) in [4.78, 5) is 14.0. The first kappa shape index (κ1) is 12.8. The molecule has 3 nitrogen and oxygen atoms in total. The lowest BCUT2D eigenvalue weighted by atomic mass is 9.88. The predicted molar refractivity (Wildman–Crippen MR) is 63.0 cm³/mol. The topological polar surface area (TPSA) is 46.3 Å². The van der Waals surface area contributed by atoms with Crippen LogP contribution >= 0.6 is 12.4 Å². The molecule has 0 unspecified atom stereocenters. The minimum atomic E-state index is 0. The van der Waals surface area contributed by atoms with Gasteiger partial charge in [-0.1, -0.05) is 19.3 Å². The van der Waals surface area contributed by atoms with Gasteiger partial charge < -0.3 is 10.6 Å². The van der Waals surface area contributed by atoms with E-state index in [1.54, 1.807) is 0 Å². The molecule has 1 saturated carbocycles. The molecular formula is C11H21ClN2O. The van der Waals surface area contributed by atoms with E-state index in [1.807, 2.05) is 4.90 Å². The van der Waals surface area contributed by atoms with Gasteiger partial charge in [0.1, 0.15) is 0 Å². The Bertz CT molecular complexity index is 210. The maximum Gasteiger partial charge on any atom is 0.225 e. The van der Waals surface area contributed by atoms with Crippen LogP contribution in [0.4, 0.5) is 0 Å². The SMILES string of the molecule is Cl.N[C@@H]1CCN(C(=O)C2CCCCC2)C1. The number of carbonyl (C=O) groups is 1. The predicted octanol–water partition coefficient (Wildman–Crippen LogP) is 1.55. The summed E-state index contributed by atoms with van der Waals surface area (Å²) in [5.74, 6) is 0.687. The molecule has 0 aromatic rings. The molecule has 2 rings (SSSR count). The zero-order valence-corrected chi connectivity index (χ0v) is 9.97. The third-order valence-electron chi connectivity index (χ3n) is 3.49. The summed E-state index contributed by atoms with van der Waals surface area (Å²) in [6.45, 7) is 1.67. The Morgan fingerprint density at radius 2 is 1.80 bits per heavy atom. The number of hydrogen-bond acceptors (Lipinski definition) is 2. The number of hydrogen-bond donors (Lipinski definition) is 1. The lowest BCUT2D eigenvalue weighted by Crippen LogP contribution is -2.37. The molecule has 1 amide bonds. The second-order valence-electron chi connectivity index (χ2n) is 4.67. The molecule has 1 aliphatic carbocycles.